The lowest BCUT2D eigenvalue weighted by Gasteiger charge is -2.32. The van der Waals surface area contributed by atoms with Gasteiger partial charge in [-0.3, -0.25) is 9.59 Å². The van der Waals surface area contributed by atoms with Crippen molar-refractivity contribution >= 4 is 51.5 Å². The van der Waals surface area contributed by atoms with Crippen molar-refractivity contribution in [1.82, 2.24) is 9.88 Å². The van der Waals surface area contributed by atoms with Gasteiger partial charge in [-0.2, -0.15) is 0 Å². The molecule has 1 unspecified atom stereocenters. The zero-order valence-electron chi connectivity index (χ0n) is 13.4. The summed E-state index contributed by atoms with van der Waals surface area (Å²) in [5.41, 5.74) is 0.814. The van der Waals surface area contributed by atoms with Crippen molar-refractivity contribution < 1.29 is 9.59 Å². The number of amides is 2. The van der Waals surface area contributed by atoms with E-state index in [-0.39, 0.29) is 24.2 Å². The second-order valence-electron chi connectivity index (χ2n) is 5.93. The second-order valence-corrected chi connectivity index (χ2v) is 7.64. The number of nitrogens with one attached hydrogen (secondary N) is 1. The largest absolute Gasteiger partial charge is 0.342 e. The third-order valence-electron chi connectivity index (χ3n) is 4.15. The van der Waals surface area contributed by atoms with Crippen molar-refractivity contribution in [2.45, 2.75) is 19.3 Å². The van der Waals surface area contributed by atoms with Gasteiger partial charge in [0.1, 0.15) is 0 Å². The lowest BCUT2D eigenvalue weighted by molar-refractivity contribution is -0.133. The molecule has 3 rings (SSSR count). The van der Waals surface area contributed by atoms with Gasteiger partial charge >= 0.3 is 0 Å². The summed E-state index contributed by atoms with van der Waals surface area (Å²) in [4.78, 5) is 30.7. The summed E-state index contributed by atoms with van der Waals surface area (Å²) in [6.07, 6.45) is 3.47. The zero-order chi connectivity index (χ0) is 17.8. The number of thiazole rings is 1. The zero-order valence-corrected chi connectivity index (χ0v) is 15.7. The lowest BCUT2D eigenvalue weighted by atomic mass is 9.96. The van der Waals surface area contributed by atoms with Crippen molar-refractivity contribution in [3.8, 4) is 0 Å². The molecule has 0 bridgehead atoms. The van der Waals surface area contributed by atoms with E-state index in [4.69, 9.17) is 23.2 Å². The Hall–Kier alpha value is -1.63. The van der Waals surface area contributed by atoms with Crippen LogP contribution in [0.1, 0.15) is 18.4 Å². The summed E-state index contributed by atoms with van der Waals surface area (Å²) >= 11 is 13.3. The smallest absolute Gasteiger partial charge is 0.231 e. The van der Waals surface area contributed by atoms with Crippen LogP contribution in [0.3, 0.4) is 0 Å². The Balaban J connectivity index is 1.59. The number of hydrogen-bond acceptors (Lipinski definition) is 4. The fourth-order valence-corrected chi connectivity index (χ4v) is 3.70. The summed E-state index contributed by atoms with van der Waals surface area (Å²) in [6, 6.07) is 5.19. The van der Waals surface area contributed by atoms with Gasteiger partial charge in [-0.1, -0.05) is 29.3 Å². The Kier molecular flexibility index (Phi) is 5.93. The molecule has 1 aliphatic heterocycles. The number of anilines is 1. The molecule has 1 N–H and O–H groups in total. The predicted molar refractivity (Wildman–Crippen MR) is 100 cm³/mol. The van der Waals surface area contributed by atoms with E-state index in [1.54, 1.807) is 29.3 Å². The van der Waals surface area contributed by atoms with Crippen molar-refractivity contribution in [3.05, 3.63) is 45.4 Å². The number of aromatic nitrogens is 1. The molecule has 0 saturated carbocycles. The molecule has 2 amide bonds. The summed E-state index contributed by atoms with van der Waals surface area (Å²) in [6.45, 7) is 1.10. The first-order valence-corrected chi connectivity index (χ1v) is 9.58. The van der Waals surface area contributed by atoms with E-state index in [9.17, 15) is 9.59 Å². The second kappa shape index (κ2) is 8.17. The van der Waals surface area contributed by atoms with Crippen molar-refractivity contribution in [1.29, 1.82) is 0 Å². The average molecular weight is 398 g/mol. The van der Waals surface area contributed by atoms with E-state index < -0.39 is 0 Å². The minimum absolute atomic E-state index is 0.00913. The Bertz CT molecular complexity index is 767. The van der Waals surface area contributed by atoms with Crippen LogP contribution in [0.4, 0.5) is 5.13 Å². The first-order valence-electron chi connectivity index (χ1n) is 7.95. The Morgan fingerprint density at radius 1 is 1.32 bits per heavy atom. The van der Waals surface area contributed by atoms with Crippen LogP contribution in [0.2, 0.25) is 10.0 Å². The van der Waals surface area contributed by atoms with Gasteiger partial charge in [0.15, 0.2) is 5.13 Å². The maximum atomic E-state index is 12.6. The highest BCUT2D eigenvalue weighted by molar-refractivity contribution is 7.13. The van der Waals surface area contributed by atoms with Gasteiger partial charge in [0.2, 0.25) is 11.8 Å². The average Bonchev–Trinajstić information content (AvgIpc) is 3.11. The van der Waals surface area contributed by atoms with Crippen LogP contribution >= 0.6 is 34.5 Å². The van der Waals surface area contributed by atoms with Crippen molar-refractivity contribution in [3.63, 3.8) is 0 Å². The number of rotatable bonds is 4. The van der Waals surface area contributed by atoms with Crippen LogP contribution in [0, 0.1) is 5.92 Å². The topological polar surface area (TPSA) is 62.3 Å². The van der Waals surface area contributed by atoms with E-state index >= 15 is 0 Å². The monoisotopic (exact) mass is 397 g/mol. The maximum Gasteiger partial charge on any atom is 0.231 e. The number of nitrogens with zero attached hydrogens (tertiary/aromatic N) is 2. The summed E-state index contributed by atoms with van der Waals surface area (Å²) < 4.78 is 0. The van der Waals surface area contributed by atoms with Gasteiger partial charge in [-0.25, -0.2) is 4.98 Å². The predicted octanol–water partition coefficient (Wildman–Crippen LogP) is 3.87. The Morgan fingerprint density at radius 2 is 2.16 bits per heavy atom. The Labute approximate surface area is 160 Å². The molecule has 1 aromatic carbocycles. The molecule has 132 valence electrons. The number of benzene rings is 1. The van der Waals surface area contributed by atoms with Gasteiger partial charge in [0, 0.05) is 24.7 Å². The van der Waals surface area contributed by atoms with Crippen LogP contribution in [0.25, 0.3) is 0 Å². The summed E-state index contributed by atoms with van der Waals surface area (Å²) in [7, 11) is 0. The molecule has 1 fully saturated rings. The normalized spacial score (nSPS) is 17.4. The van der Waals surface area contributed by atoms with Crippen LogP contribution in [0.15, 0.2) is 29.8 Å². The molecule has 25 heavy (non-hydrogen) atoms. The van der Waals surface area contributed by atoms with E-state index in [0.717, 1.165) is 18.4 Å². The molecule has 1 saturated heterocycles. The highest BCUT2D eigenvalue weighted by Gasteiger charge is 2.28. The van der Waals surface area contributed by atoms with Gasteiger partial charge in [0.25, 0.3) is 0 Å². The van der Waals surface area contributed by atoms with Gasteiger partial charge in [-0.15, -0.1) is 11.3 Å². The van der Waals surface area contributed by atoms with Gasteiger partial charge in [-0.05, 0) is 30.5 Å². The number of likely N-dealkylation sites (tertiary alicyclic amines) is 1. The molecule has 0 radical (unpaired) electrons. The number of carbonyl (C=O) groups excluding carboxylic acids is 2. The fraction of sp³-hybridized carbons (Fsp3) is 0.353. The van der Waals surface area contributed by atoms with E-state index in [2.05, 4.69) is 10.3 Å². The quantitative estimate of drug-likeness (QED) is 0.851. The lowest BCUT2D eigenvalue weighted by Crippen LogP contribution is -2.44. The molecule has 5 nitrogen and oxygen atoms in total. The van der Waals surface area contributed by atoms with Crippen LogP contribution in [-0.4, -0.2) is 34.8 Å². The first-order chi connectivity index (χ1) is 12.0. The molecule has 2 aromatic rings. The highest BCUT2D eigenvalue weighted by Crippen LogP contribution is 2.24. The molecule has 1 atom stereocenters. The maximum absolute atomic E-state index is 12.6. The molecular weight excluding hydrogens is 381 g/mol. The third kappa shape index (κ3) is 4.71. The molecule has 1 aliphatic rings. The number of halogens is 2. The highest BCUT2D eigenvalue weighted by atomic mass is 35.5. The van der Waals surface area contributed by atoms with E-state index in [1.807, 2.05) is 5.38 Å². The molecule has 2 heterocycles. The standard InChI is InChI=1S/C17H17Cl2N3O2S/c18-13-4-3-11(8-14(13)19)9-15(23)22-6-1-2-12(10-22)16(24)21-17-20-5-7-25-17/h3-5,7-8,12H,1-2,6,9-10H2,(H,20,21,24). The van der Waals surface area contributed by atoms with Gasteiger partial charge in [0.05, 0.1) is 22.4 Å². The number of piperidine rings is 1. The molecule has 0 aliphatic carbocycles. The van der Waals surface area contributed by atoms with Crippen molar-refractivity contribution in [2.75, 3.05) is 18.4 Å². The molecule has 1 aromatic heterocycles. The van der Waals surface area contributed by atoms with Crippen LogP contribution < -0.4 is 5.32 Å². The first kappa shape index (κ1) is 18.2. The fourth-order valence-electron chi connectivity index (χ4n) is 2.85. The summed E-state index contributed by atoms with van der Waals surface area (Å²) in [5, 5.41) is 6.11. The van der Waals surface area contributed by atoms with Crippen LogP contribution in [0.5, 0.6) is 0 Å². The SMILES string of the molecule is O=C(Nc1nccs1)C1CCCN(C(=O)Cc2ccc(Cl)c(Cl)c2)C1. The Morgan fingerprint density at radius 3 is 2.88 bits per heavy atom. The number of hydrogen-bond donors (Lipinski definition) is 1. The molecule has 8 heteroatoms. The molecule has 0 spiro atoms. The van der Waals surface area contributed by atoms with E-state index in [0.29, 0.717) is 28.3 Å². The minimum atomic E-state index is -0.213. The van der Waals surface area contributed by atoms with E-state index in [1.165, 1.54) is 11.3 Å². The third-order valence-corrected chi connectivity index (χ3v) is 5.57. The van der Waals surface area contributed by atoms with Crippen molar-refractivity contribution in [2.24, 2.45) is 5.92 Å². The molecular formula is C17H17Cl2N3O2S. The minimum Gasteiger partial charge on any atom is -0.342 e. The van der Waals surface area contributed by atoms with Crippen LogP contribution in [-0.2, 0) is 16.0 Å². The number of carbonyl (C=O) groups is 2. The summed E-state index contributed by atoms with van der Waals surface area (Å²) in [5.74, 6) is -0.303. The van der Waals surface area contributed by atoms with Gasteiger partial charge < -0.3 is 10.2 Å².